The zero-order chi connectivity index (χ0) is 24.4. The first-order valence-corrected chi connectivity index (χ1v) is 11.7. The largest absolute Gasteiger partial charge is 0.463 e. The van der Waals surface area contributed by atoms with Crippen molar-refractivity contribution in [1.29, 1.82) is 0 Å². The molecule has 0 radical (unpaired) electrons. The summed E-state index contributed by atoms with van der Waals surface area (Å²) in [6.07, 6.45) is 5.23. The van der Waals surface area contributed by atoms with Crippen LogP contribution < -0.4 is 10.6 Å². The van der Waals surface area contributed by atoms with Crippen LogP contribution in [0.2, 0.25) is 0 Å². The average Bonchev–Trinajstić information content (AvgIpc) is 2.76. The van der Waals surface area contributed by atoms with Gasteiger partial charge in [0.15, 0.2) is 0 Å². The number of ether oxygens (including phenoxy) is 1. The van der Waals surface area contributed by atoms with Crippen molar-refractivity contribution in [2.24, 2.45) is 17.3 Å². The fourth-order valence-electron chi connectivity index (χ4n) is 3.65. The van der Waals surface area contributed by atoms with E-state index in [1.54, 1.807) is 6.92 Å². The number of benzene rings is 1. The van der Waals surface area contributed by atoms with Gasteiger partial charge in [0.2, 0.25) is 11.8 Å². The molecule has 33 heavy (non-hydrogen) atoms. The van der Waals surface area contributed by atoms with Crippen LogP contribution in [0, 0.1) is 17.3 Å². The fraction of sp³-hybridized carbons (Fsp3) is 0.577. The number of nitrogens with one attached hydrogen (secondary N) is 2. The molecule has 1 aromatic rings. The molecule has 0 saturated heterocycles. The summed E-state index contributed by atoms with van der Waals surface area (Å²) < 4.78 is 5.68. The van der Waals surface area contributed by atoms with Crippen LogP contribution >= 0.6 is 0 Å². The summed E-state index contributed by atoms with van der Waals surface area (Å²) in [5, 5.41) is 14.9. The molecule has 2 rings (SSSR count). The van der Waals surface area contributed by atoms with Crippen LogP contribution in [0.3, 0.4) is 0 Å². The van der Waals surface area contributed by atoms with E-state index in [0.717, 1.165) is 5.56 Å². The van der Waals surface area contributed by atoms with E-state index in [1.807, 2.05) is 63.3 Å². The van der Waals surface area contributed by atoms with Gasteiger partial charge in [-0.1, -0.05) is 63.3 Å². The molecule has 0 saturated carbocycles. The predicted octanol–water partition coefficient (Wildman–Crippen LogP) is 2.77. The zero-order valence-electron chi connectivity index (χ0n) is 20.2. The van der Waals surface area contributed by atoms with Crippen LogP contribution in [-0.2, 0) is 25.5 Å². The quantitative estimate of drug-likeness (QED) is 0.449. The molecular weight excluding hydrogens is 420 g/mol. The molecule has 0 aliphatic carbocycles. The third kappa shape index (κ3) is 9.00. The molecule has 7 nitrogen and oxygen atoms in total. The topological polar surface area (TPSA) is 105 Å². The van der Waals surface area contributed by atoms with Crippen molar-refractivity contribution >= 4 is 17.8 Å². The molecule has 7 heteroatoms. The monoisotopic (exact) mass is 458 g/mol. The van der Waals surface area contributed by atoms with Gasteiger partial charge in [0.1, 0.15) is 6.61 Å². The number of esters is 1. The van der Waals surface area contributed by atoms with E-state index in [1.165, 1.54) is 0 Å². The number of carbonyl (C=O) groups is 3. The van der Waals surface area contributed by atoms with E-state index in [9.17, 15) is 19.5 Å². The smallest absolute Gasteiger partial charge is 0.309 e. The van der Waals surface area contributed by atoms with E-state index >= 15 is 0 Å². The Morgan fingerprint density at radius 3 is 2.39 bits per heavy atom. The van der Waals surface area contributed by atoms with Crippen molar-refractivity contribution in [3.63, 3.8) is 0 Å². The lowest BCUT2D eigenvalue weighted by Crippen LogP contribution is -2.50. The Morgan fingerprint density at radius 1 is 1.15 bits per heavy atom. The van der Waals surface area contributed by atoms with Gasteiger partial charge < -0.3 is 20.5 Å². The minimum Gasteiger partial charge on any atom is -0.463 e. The predicted molar refractivity (Wildman–Crippen MR) is 127 cm³/mol. The number of allylic oxidation sites excluding steroid dienone is 2. The van der Waals surface area contributed by atoms with Gasteiger partial charge in [-0.15, -0.1) is 0 Å². The second-order valence-corrected chi connectivity index (χ2v) is 9.94. The molecule has 0 bridgehead atoms. The first-order valence-electron chi connectivity index (χ1n) is 11.7. The van der Waals surface area contributed by atoms with Crippen molar-refractivity contribution in [2.45, 2.75) is 65.5 Å². The summed E-state index contributed by atoms with van der Waals surface area (Å²) >= 11 is 0. The summed E-state index contributed by atoms with van der Waals surface area (Å²) in [6, 6.07) is 9.06. The van der Waals surface area contributed by atoms with Crippen LogP contribution in [0.4, 0.5) is 0 Å². The molecule has 1 aliphatic rings. The summed E-state index contributed by atoms with van der Waals surface area (Å²) in [7, 11) is 0. The maximum Gasteiger partial charge on any atom is 0.309 e. The van der Waals surface area contributed by atoms with E-state index in [4.69, 9.17) is 4.74 Å². The Bertz CT molecular complexity index is 816. The van der Waals surface area contributed by atoms with Crippen LogP contribution in [-0.4, -0.2) is 48.2 Å². The second kappa shape index (κ2) is 12.5. The van der Waals surface area contributed by atoms with Crippen molar-refractivity contribution in [3.05, 3.63) is 48.0 Å². The van der Waals surface area contributed by atoms with E-state index in [0.29, 0.717) is 19.3 Å². The summed E-state index contributed by atoms with van der Waals surface area (Å²) in [5.74, 6) is -1.69. The Labute approximate surface area is 197 Å². The lowest BCUT2D eigenvalue weighted by Gasteiger charge is -2.33. The van der Waals surface area contributed by atoms with Crippen molar-refractivity contribution in [1.82, 2.24) is 10.6 Å². The van der Waals surface area contributed by atoms with Gasteiger partial charge in [-0.3, -0.25) is 14.4 Å². The zero-order valence-corrected chi connectivity index (χ0v) is 20.2. The third-order valence-corrected chi connectivity index (χ3v) is 5.90. The molecule has 182 valence electrons. The lowest BCUT2D eigenvalue weighted by molar-refractivity contribution is -0.151. The number of hydrogen-bond donors (Lipinski definition) is 3. The molecule has 0 fully saturated rings. The molecular formula is C26H38N2O5. The minimum absolute atomic E-state index is 0.0185. The van der Waals surface area contributed by atoms with Crippen molar-refractivity contribution in [3.8, 4) is 0 Å². The lowest BCUT2D eigenvalue weighted by atomic mass is 9.86. The summed E-state index contributed by atoms with van der Waals surface area (Å²) in [6.45, 7) is 7.54. The maximum absolute atomic E-state index is 13.1. The highest BCUT2D eigenvalue weighted by Gasteiger charge is 2.32. The third-order valence-electron chi connectivity index (χ3n) is 5.90. The normalized spacial score (nSPS) is 23.5. The fourth-order valence-corrected chi connectivity index (χ4v) is 3.65. The van der Waals surface area contributed by atoms with E-state index in [-0.39, 0.29) is 54.8 Å². The van der Waals surface area contributed by atoms with Crippen LogP contribution in [0.25, 0.3) is 0 Å². The van der Waals surface area contributed by atoms with Crippen LogP contribution in [0.15, 0.2) is 42.5 Å². The number of carbonyl (C=O) groups excluding carboxylic acids is 3. The molecule has 2 amide bonds. The van der Waals surface area contributed by atoms with E-state index in [2.05, 4.69) is 10.6 Å². The molecule has 1 aromatic carbocycles. The highest BCUT2D eigenvalue weighted by molar-refractivity contribution is 5.86. The van der Waals surface area contributed by atoms with Crippen LogP contribution in [0.5, 0.6) is 0 Å². The average molecular weight is 459 g/mol. The molecule has 1 heterocycles. The molecule has 4 atom stereocenters. The van der Waals surface area contributed by atoms with Crippen molar-refractivity contribution in [2.75, 3.05) is 13.2 Å². The maximum atomic E-state index is 13.1. The summed E-state index contributed by atoms with van der Waals surface area (Å²) in [4.78, 5) is 38.3. The highest BCUT2D eigenvalue weighted by Crippen LogP contribution is 2.23. The molecule has 0 aromatic heterocycles. The Hall–Kier alpha value is -2.67. The first-order chi connectivity index (χ1) is 15.6. The number of aliphatic hydroxyl groups excluding tert-OH is 1. The highest BCUT2D eigenvalue weighted by atomic mass is 16.5. The van der Waals surface area contributed by atoms with Gasteiger partial charge in [-0.2, -0.15) is 0 Å². The summed E-state index contributed by atoms with van der Waals surface area (Å²) in [5.41, 5.74) is 0.719. The number of rotatable bonds is 6. The van der Waals surface area contributed by atoms with Gasteiger partial charge in [0.05, 0.1) is 24.5 Å². The molecule has 0 spiro atoms. The first kappa shape index (κ1) is 26.6. The van der Waals surface area contributed by atoms with Gasteiger partial charge in [-0.25, -0.2) is 0 Å². The Kier molecular flexibility index (Phi) is 10.1. The Morgan fingerprint density at radius 2 is 1.79 bits per heavy atom. The number of hydrogen-bond acceptors (Lipinski definition) is 5. The van der Waals surface area contributed by atoms with Gasteiger partial charge in [-0.05, 0) is 37.2 Å². The second-order valence-electron chi connectivity index (χ2n) is 9.94. The number of amides is 2. The van der Waals surface area contributed by atoms with Gasteiger partial charge in [0.25, 0.3) is 0 Å². The minimum atomic E-state index is -0.556. The molecule has 3 N–H and O–H groups in total. The molecule has 1 aliphatic heterocycles. The molecule has 0 unspecified atom stereocenters. The van der Waals surface area contributed by atoms with Crippen molar-refractivity contribution < 1.29 is 24.2 Å². The standard InChI is InChI=1S/C26H38N2O5/c1-18(16-29)27-23(30)15-20-12-8-9-13-21(14-19-10-6-5-7-11-19)25(32)33-17-22(26(2,3)4)28-24(20)31/h5-11,18,20-22,29H,12-17H2,1-4H3,(H,27,30)(H,28,31)/t18-,20+,21-,22+/m0/s1. The van der Waals surface area contributed by atoms with Gasteiger partial charge >= 0.3 is 5.97 Å². The van der Waals surface area contributed by atoms with E-state index < -0.39 is 12.0 Å². The number of cyclic esters (lactones) is 1. The van der Waals surface area contributed by atoms with Gasteiger partial charge in [0, 0.05) is 12.5 Å². The number of aliphatic hydroxyl groups is 1. The van der Waals surface area contributed by atoms with Crippen LogP contribution in [0.1, 0.15) is 52.5 Å². The SMILES string of the molecule is C[C@@H](CO)NC(=O)C[C@H]1CC=CC[C@@H](Cc2ccccc2)C(=O)OC[C@H](C(C)(C)C)NC1=O. The Balaban J connectivity index is 2.21.